The van der Waals surface area contributed by atoms with Crippen molar-refractivity contribution < 1.29 is 0 Å². The molecule has 0 heterocycles. The van der Waals surface area contributed by atoms with Crippen LogP contribution in [0, 0.1) is 0 Å². The fraction of sp³-hybridized carbons (Fsp3) is 0. The fourth-order valence-electron chi connectivity index (χ4n) is 6.23. The second-order valence-electron chi connectivity index (χ2n) is 10.1. The molecule has 0 radical (unpaired) electrons. The molecule has 0 aliphatic carbocycles. The van der Waals surface area contributed by atoms with Crippen LogP contribution in [-0.4, -0.2) is 0 Å². The minimum absolute atomic E-state index is 1.25. The van der Waals surface area contributed by atoms with Crippen molar-refractivity contribution in [3.8, 4) is 22.3 Å². The molecule has 0 atom stereocenters. The third-order valence-corrected chi connectivity index (χ3v) is 8.02. The maximum atomic E-state index is 2.42. The van der Waals surface area contributed by atoms with Crippen molar-refractivity contribution in [1.29, 1.82) is 0 Å². The summed E-state index contributed by atoms with van der Waals surface area (Å²) in [7, 11) is 0. The molecular weight excluding hydrogens is 456 g/mol. The van der Waals surface area contributed by atoms with Gasteiger partial charge in [0.25, 0.3) is 0 Å². The molecule has 8 aromatic rings. The summed E-state index contributed by atoms with van der Waals surface area (Å²) in [6.07, 6.45) is 0. The molecule has 0 aliphatic heterocycles. The highest BCUT2D eigenvalue weighted by molar-refractivity contribution is 6.24. The lowest BCUT2D eigenvalue weighted by Crippen LogP contribution is -1.90. The van der Waals surface area contributed by atoms with Crippen LogP contribution in [0.25, 0.3) is 76.1 Å². The molecule has 0 unspecified atom stereocenters. The van der Waals surface area contributed by atoms with Gasteiger partial charge in [-0.15, -0.1) is 0 Å². The summed E-state index contributed by atoms with van der Waals surface area (Å²) in [5.74, 6) is 0. The molecule has 38 heavy (non-hydrogen) atoms. The van der Waals surface area contributed by atoms with Crippen LogP contribution < -0.4 is 0 Å². The van der Waals surface area contributed by atoms with Crippen LogP contribution in [0.3, 0.4) is 0 Å². The fourth-order valence-corrected chi connectivity index (χ4v) is 6.23. The van der Waals surface area contributed by atoms with Gasteiger partial charge in [0, 0.05) is 0 Å². The first kappa shape index (κ1) is 21.2. The van der Waals surface area contributed by atoms with E-state index in [4.69, 9.17) is 0 Å². The van der Waals surface area contributed by atoms with E-state index in [1.807, 2.05) is 0 Å². The third-order valence-electron chi connectivity index (χ3n) is 8.02. The summed E-state index contributed by atoms with van der Waals surface area (Å²) in [6.45, 7) is 0. The molecule has 0 nitrogen and oxygen atoms in total. The van der Waals surface area contributed by atoms with Crippen LogP contribution in [-0.2, 0) is 0 Å². The largest absolute Gasteiger partial charge is 0.0616 e. The minimum Gasteiger partial charge on any atom is -0.0616 e. The second kappa shape index (κ2) is 8.30. The summed E-state index contributed by atoms with van der Waals surface area (Å²) in [6, 6.07) is 53.4. The summed E-state index contributed by atoms with van der Waals surface area (Å²) in [4.78, 5) is 0. The molecule has 0 N–H and O–H groups in total. The molecule has 0 heteroatoms. The molecule has 0 spiro atoms. The molecule has 0 aromatic heterocycles. The lowest BCUT2D eigenvalue weighted by molar-refractivity contribution is 1.69. The Bertz CT molecular complexity index is 2180. The molecule has 0 saturated carbocycles. The van der Waals surface area contributed by atoms with Crippen molar-refractivity contribution in [2.75, 3.05) is 0 Å². The smallest absolute Gasteiger partial charge is 0.00923 e. The Kier molecular flexibility index (Phi) is 4.62. The standard InChI is InChI=1S/C38H24/c1-2-12-27-22-28(21-20-25(27)10-1)35-23-37-34-18-8-7-17-33(34)36(24-38(37)32-16-6-5-15-31(32)35)30-19-9-13-26-11-3-4-14-29(26)30/h1-24H. The SMILES string of the molecule is c1ccc2cc(-c3cc4c5ccccc5c(-c5cccc6ccccc56)cc4c4ccccc34)ccc2c1. The Morgan fingerprint density at radius 3 is 1.50 bits per heavy atom. The molecule has 0 fully saturated rings. The van der Waals surface area contributed by atoms with Crippen molar-refractivity contribution in [1.82, 2.24) is 0 Å². The summed E-state index contributed by atoms with van der Waals surface area (Å²) >= 11 is 0. The lowest BCUT2D eigenvalue weighted by atomic mass is 9.86. The Labute approximate surface area is 221 Å². The van der Waals surface area contributed by atoms with Crippen molar-refractivity contribution in [3.63, 3.8) is 0 Å². The van der Waals surface area contributed by atoms with Crippen LogP contribution in [0.1, 0.15) is 0 Å². The number of hydrogen-bond acceptors (Lipinski definition) is 0. The molecule has 0 bridgehead atoms. The third kappa shape index (κ3) is 3.17. The first-order valence-electron chi connectivity index (χ1n) is 13.2. The van der Waals surface area contributed by atoms with E-state index in [2.05, 4.69) is 146 Å². The van der Waals surface area contributed by atoms with E-state index < -0.39 is 0 Å². The Morgan fingerprint density at radius 2 is 0.763 bits per heavy atom. The minimum atomic E-state index is 1.25. The van der Waals surface area contributed by atoms with Crippen molar-refractivity contribution >= 4 is 53.9 Å². The summed E-state index contributed by atoms with van der Waals surface area (Å²) < 4.78 is 0. The van der Waals surface area contributed by atoms with Crippen molar-refractivity contribution in [2.24, 2.45) is 0 Å². The Morgan fingerprint density at radius 1 is 0.237 bits per heavy atom. The van der Waals surface area contributed by atoms with Gasteiger partial charge in [-0.1, -0.05) is 127 Å². The van der Waals surface area contributed by atoms with Gasteiger partial charge in [-0.3, -0.25) is 0 Å². The predicted molar refractivity (Wildman–Crippen MR) is 165 cm³/mol. The topological polar surface area (TPSA) is 0 Å². The van der Waals surface area contributed by atoms with Gasteiger partial charge >= 0.3 is 0 Å². The average Bonchev–Trinajstić information content (AvgIpc) is 3.00. The first-order valence-corrected chi connectivity index (χ1v) is 13.2. The lowest BCUT2D eigenvalue weighted by Gasteiger charge is -2.17. The molecular formula is C38H24. The zero-order valence-corrected chi connectivity index (χ0v) is 20.9. The van der Waals surface area contributed by atoms with E-state index in [-0.39, 0.29) is 0 Å². The summed E-state index contributed by atoms with van der Waals surface area (Å²) in [5, 5.41) is 12.9. The monoisotopic (exact) mass is 480 g/mol. The van der Waals surface area contributed by atoms with Gasteiger partial charge < -0.3 is 0 Å². The van der Waals surface area contributed by atoms with Crippen LogP contribution >= 0.6 is 0 Å². The maximum Gasteiger partial charge on any atom is -0.00923 e. The highest BCUT2D eigenvalue weighted by Gasteiger charge is 2.15. The van der Waals surface area contributed by atoms with E-state index >= 15 is 0 Å². The van der Waals surface area contributed by atoms with Crippen LogP contribution in [0.4, 0.5) is 0 Å². The summed E-state index contributed by atoms with van der Waals surface area (Å²) in [5.41, 5.74) is 5.10. The van der Waals surface area contributed by atoms with Gasteiger partial charge in [-0.05, 0) is 94.3 Å². The van der Waals surface area contributed by atoms with Gasteiger partial charge in [0.05, 0.1) is 0 Å². The second-order valence-corrected chi connectivity index (χ2v) is 10.1. The normalized spacial score (nSPS) is 11.7. The maximum absolute atomic E-state index is 2.42. The molecule has 8 aromatic carbocycles. The van der Waals surface area contributed by atoms with E-state index in [9.17, 15) is 0 Å². The molecule has 8 rings (SSSR count). The van der Waals surface area contributed by atoms with Crippen LogP contribution in [0.2, 0.25) is 0 Å². The Hall–Kier alpha value is -4.94. The molecule has 0 amide bonds. The van der Waals surface area contributed by atoms with E-state index in [1.54, 1.807) is 0 Å². The Balaban J connectivity index is 1.51. The zero-order chi connectivity index (χ0) is 25.1. The zero-order valence-electron chi connectivity index (χ0n) is 20.9. The van der Waals surface area contributed by atoms with Crippen LogP contribution in [0.15, 0.2) is 146 Å². The average molecular weight is 481 g/mol. The van der Waals surface area contributed by atoms with E-state index in [0.29, 0.717) is 0 Å². The highest BCUT2D eigenvalue weighted by Crippen LogP contribution is 2.43. The van der Waals surface area contributed by atoms with Gasteiger partial charge in [0.1, 0.15) is 0 Å². The van der Waals surface area contributed by atoms with Gasteiger partial charge in [-0.25, -0.2) is 0 Å². The predicted octanol–water partition coefficient (Wildman–Crippen LogP) is 10.8. The first-order chi connectivity index (χ1) is 18.8. The highest BCUT2D eigenvalue weighted by atomic mass is 14.2. The number of benzene rings is 8. The van der Waals surface area contributed by atoms with Gasteiger partial charge in [0.15, 0.2) is 0 Å². The van der Waals surface area contributed by atoms with E-state index in [0.717, 1.165) is 0 Å². The number of rotatable bonds is 2. The molecule has 176 valence electrons. The van der Waals surface area contributed by atoms with Crippen molar-refractivity contribution in [2.45, 2.75) is 0 Å². The number of hydrogen-bond donors (Lipinski definition) is 0. The van der Waals surface area contributed by atoms with Gasteiger partial charge in [0.2, 0.25) is 0 Å². The quantitative estimate of drug-likeness (QED) is 0.216. The molecule has 0 aliphatic rings. The molecule has 0 saturated heterocycles. The van der Waals surface area contributed by atoms with E-state index in [1.165, 1.54) is 76.1 Å². The van der Waals surface area contributed by atoms with Gasteiger partial charge in [-0.2, -0.15) is 0 Å². The van der Waals surface area contributed by atoms with Crippen LogP contribution in [0.5, 0.6) is 0 Å². The number of fused-ring (bicyclic) bond motifs is 7. The van der Waals surface area contributed by atoms with Crippen molar-refractivity contribution in [3.05, 3.63) is 146 Å².